The Labute approximate surface area is 230 Å². The molecule has 1 fully saturated rings. The highest BCUT2D eigenvalue weighted by Crippen LogP contribution is 2.42. The van der Waals surface area contributed by atoms with E-state index >= 15 is 0 Å². The lowest BCUT2D eigenvalue weighted by Crippen LogP contribution is -2.58. The van der Waals surface area contributed by atoms with Crippen molar-refractivity contribution in [2.75, 3.05) is 26.8 Å². The summed E-state index contributed by atoms with van der Waals surface area (Å²) in [5, 5.41) is 16.2. The fourth-order valence-corrected chi connectivity index (χ4v) is 4.32. The predicted molar refractivity (Wildman–Crippen MR) is 131 cm³/mol. The second kappa shape index (κ2) is 11.2. The van der Waals surface area contributed by atoms with Gasteiger partial charge in [0.25, 0.3) is 11.8 Å². The van der Waals surface area contributed by atoms with Gasteiger partial charge in [0, 0.05) is 12.7 Å². The van der Waals surface area contributed by atoms with Crippen molar-refractivity contribution in [3.8, 4) is 0 Å². The number of aromatic nitrogens is 5. The Bertz CT molecular complexity index is 1410. The molecule has 1 aliphatic rings. The maximum absolute atomic E-state index is 14.1. The van der Waals surface area contributed by atoms with Gasteiger partial charge in [0.05, 0.1) is 55.3 Å². The summed E-state index contributed by atoms with van der Waals surface area (Å²) in [6, 6.07) is -1.12. The molecular formula is C24H29F5N8O4. The lowest BCUT2D eigenvalue weighted by atomic mass is 9.85. The van der Waals surface area contributed by atoms with Gasteiger partial charge in [-0.2, -0.15) is 18.3 Å². The third kappa shape index (κ3) is 6.55. The topological polar surface area (TPSA) is 140 Å². The molecule has 0 aromatic carbocycles. The van der Waals surface area contributed by atoms with E-state index in [-0.39, 0.29) is 42.2 Å². The number of aryl methyl sites for hydroxylation is 1. The molecule has 0 saturated carbocycles. The van der Waals surface area contributed by atoms with Crippen molar-refractivity contribution >= 4 is 17.6 Å². The van der Waals surface area contributed by atoms with Crippen molar-refractivity contribution in [3.63, 3.8) is 0 Å². The lowest BCUT2D eigenvalue weighted by molar-refractivity contribution is -0.214. The van der Waals surface area contributed by atoms with Crippen molar-refractivity contribution in [2.45, 2.75) is 57.8 Å². The van der Waals surface area contributed by atoms with E-state index in [0.717, 1.165) is 18.7 Å². The molecule has 17 heteroatoms. The number of alkyl halides is 5. The van der Waals surface area contributed by atoms with Gasteiger partial charge in [0.2, 0.25) is 0 Å². The molecule has 1 aliphatic heterocycles. The number of ether oxygens (including phenoxy) is 1. The van der Waals surface area contributed by atoms with Gasteiger partial charge in [-0.3, -0.25) is 4.79 Å². The van der Waals surface area contributed by atoms with Crippen LogP contribution in [0.15, 0.2) is 23.1 Å². The Hall–Kier alpha value is -3.89. The van der Waals surface area contributed by atoms with E-state index in [1.54, 1.807) is 0 Å². The summed E-state index contributed by atoms with van der Waals surface area (Å²) in [5.74, 6) is -3.88. The number of methoxy groups -OCH3 is 1. The van der Waals surface area contributed by atoms with Gasteiger partial charge in [0.15, 0.2) is 11.3 Å². The Balaban J connectivity index is 1.66. The molecule has 41 heavy (non-hydrogen) atoms. The van der Waals surface area contributed by atoms with Gasteiger partial charge in [-0.1, -0.05) is 19.0 Å². The van der Waals surface area contributed by atoms with Crippen LogP contribution in [0.1, 0.15) is 66.2 Å². The summed E-state index contributed by atoms with van der Waals surface area (Å²) in [6.07, 6.45) is -2.19. The van der Waals surface area contributed by atoms with Gasteiger partial charge in [-0.25, -0.2) is 27.7 Å². The number of halogens is 5. The van der Waals surface area contributed by atoms with Crippen LogP contribution in [0.5, 0.6) is 0 Å². The molecule has 12 nitrogen and oxygen atoms in total. The van der Waals surface area contributed by atoms with E-state index < -0.39 is 54.6 Å². The van der Waals surface area contributed by atoms with Crippen molar-refractivity contribution < 1.29 is 40.9 Å². The van der Waals surface area contributed by atoms with Crippen LogP contribution >= 0.6 is 0 Å². The lowest BCUT2D eigenvalue weighted by Gasteiger charge is -2.38. The first-order valence-corrected chi connectivity index (χ1v) is 12.5. The molecule has 3 aromatic heterocycles. The van der Waals surface area contributed by atoms with Crippen LogP contribution < -0.4 is 10.6 Å². The van der Waals surface area contributed by atoms with Crippen LogP contribution in [0.4, 0.5) is 26.7 Å². The van der Waals surface area contributed by atoms with Crippen LogP contribution in [-0.2, 0) is 4.74 Å². The average molecular weight is 589 g/mol. The zero-order chi connectivity index (χ0) is 30.2. The Morgan fingerprint density at radius 1 is 1.29 bits per heavy atom. The zero-order valence-electron chi connectivity index (χ0n) is 22.6. The highest BCUT2D eigenvalue weighted by molar-refractivity contribution is 5.93. The Morgan fingerprint density at radius 3 is 2.66 bits per heavy atom. The largest absolute Gasteiger partial charge is 0.393 e. The van der Waals surface area contributed by atoms with E-state index in [2.05, 4.69) is 35.7 Å². The summed E-state index contributed by atoms with van der Waals surface area (Å²) in [4.78, 5) is 30.7. The van der Waals surface area contributed by atoms with Crippen LogP contribution in [-0.4, -0.2) is 80.7 Å². The van der Waals surface area contributed by atoms with E-state index in [1.807, 2.05) is 0 Å². The molecule has 0 bridgehead atoms. The first-order valence-electron chi connectivity index (χ1n) is 12.5. The number of carbonyl (C=O) groups excluding carboxylic acids is 2. The summed E-state index contributed by atoms with van der Waals surface area (Å²) in [7, 11) is 1.36. The highest BCUT2D eigenvalue weighted by atomic mass is 19.4. The first kappa shape index (κ1) is 30.1. The van der Waals surface area contributed by atoms with Crippen LogP contribution in [0.25, 0.3) is 5.65 Å². The number of nitrogens with one attached hydrogen (secondary N) is 2. The number of urea groups is 1. The number of rotatable bonds is 10. The third-order valence-electron chi connectivity index (χ3n) is 6.96. The molecule has 2 atom stereocenters. The van der Waals surface area contributed by atoms with E-state index in [1.165, 1.54) is 37.0 Å². The van der Waals surface area contributed by atoms with Crippen LogP contribution in [0.2, 0.25) is 0 Å². The smallest absolute Gasteiger partial charge is 0.382 e. The minimum absolute atomic E-state index is 0.120. The minimum atomic E-state index is -4.49. The molecule has 3 aromatic rings. The number of nitrogens with zero attached hydrogens (tertiary/aromatic N) is 6. The maximum Gasteiger partial charge on any atom is 0.393 e. The van der Waals surface area contributed by atoms with Crippen molar-refractivity contribution in [2.24, 2.45) is 5.41 Å². The fourth-order valence-electron chi connectivity index (χ4n) is 4.32. The number of fused-ring (bicyclic) bond motifs is 1. The van der Waals surface area contributed by atoms with E-state index in [4.69, 9.17) is 4.74 Å². The summed E-state index contributed by atoms with van der Waals surface area (Å²) >= 11 is 0. The van der Waals surface area contributed by atoms with Crippen LogP contribution in [0, 0.1) is 12.3 Å². The molecule has 1 saturated heterocycles. The zero-order valence-corrected chi connectivity index (χ0v) is 22.6. The monoisotopic (exact) mass is 588 g/mol. The number of hydrogen-bond acceptors (Lipinski definition) is 8. The average Bonchev–Trinajstić information content (AvgIpc) is 3.51. The summed E-state index contributed by atoms with van der Waals surface area (Å²) < 4.78 is 80.0. The molecule has 224 valence electrons. The number of imidazole rings is 1. The first-order chi connectivity index (χ1) is 19.1. The van der Waals surface area contributed by atoms with Crippen LogP contribution in [0.3, 0.4) is 0 Å². The normalized spacial score (nSPS) is 17.4. The quantitative estimate of drug-likeness (QED) is 0.343. The van der Waals surface area contributed by atoms with E-state index in [9.17, 15) is 31.5 Å². The molecule has 0 aliphatic carbocycles. The van der Waals surface area contributed by atoms with Gasteiger partial charge in [0.1, 0.15) is 5.69 Å². The third-order valence-corrected chi connectivity index (χ3v) is 6.96. The van der Waals surface area contributed by atoms with Gasteiger partial charge >= 0.3 is 12.2 Å². The number of amides is 3. The van der Waals surface area contributed by atoms with Crippen molar-refractivity contribution in [1.82, 2.24) is 40.4 Å². The fraction of sp³-hybridized carbons (Fsp3) is 0.583. The molecular weight excluding hydrogens is 559 g/mol. The standard InChI is InChI=1S/C24H29F5N8O4/c1-13-19(35-41-34-13)20(38)33-15(5-6-22(2,3)24(27,28)29)16-9-37-18(32-16)7-14(8-31-37)17(10-40-4)36-12-23(25,26)11-30-21(36)39/h7-9,15,17H,5-6,10-12H2,1-4H3,(H,30,39)(H,33,38)/t15-,17+/m0/s1. The maximum atomic E-state index is 14.1. The van der Waals surface area contributed by atoms with Crippen molar-refractivity contribution in [1.29, 1.82) is 0 Å². The van der Waals surface area contributed by atoms with E-state index in [0.29, 0.717) is 5.56 Å². The molecule has 0 unspecified atom stereocenters. The van der Waals surface area contributed by atoms with Gasteiger partial charge < -0.3 is 20.3 Å². The van der Waals surface area contributed by atoms with Gasteiger partial charge in [-0.15, -0.1) is 0 Å². The van der Waals surface area contributed by atoms with Crippen molar-refractivity contribution in [3.05, 3.63) is 41.1 Å². The molecule has 2 N–H and O–H groups in total. The SMILES string of the molecule is COC[C@H](c1cnn2cc([C@H](CCC(C)(C)C(F)(F)F)NC(=O)c3nonc3C)nc2c1)N1CC(F)(F)CNC1=O. The Morgan fingerprint density at radius 2 is 2.02 bits per heavy atom. The molecule has 0 spiro atoms. The highest BCUT2D eigenvalue weighted by Gasteiger charge is 2.47. The second-order valence-corrected chi connectivity index (χ2v) is 10.5. The molecule has 4 rings (SSSR count). The number of carbonyl (C=O) groups is 2. The summed E-state index contributed by atoms with van der Waals surface area (Å²) in [6.45, 7) is 1.86. The minimum Gasteiger partial charge on any atom is -0.382 e. The number of hydrogen-bond donors (Lipinski definition) is 2. The molecule has 4 heterocycles. The van der Waals surface area contributed by atoms with Gasteiger partial charge in [-0.05, 0) is 31.0 Å². The molecule has 3 amide bonds. The molecule has 0 radical (unpaired) electrons. The Kier molecular flexibility index (Phi) is 8.20. The second-order valence-electron chi connectivity index (χ2n) is 10.5. The predicted octanol–water partition coefficient (Wildman–Crippen LogP) is 3.61. The summed E-state index contributed by atoms with van der Waals surface area (Å²) in [5.41, 5.74) is -1.26.